The molecule has 2 nitrogen and oxygen atoms in total. The van der Waals surface area contributed by atoms with Gasteiger partial charge in [-0.1, -0.05) is 65.8 Å². The molecular formula is C21H31NO. The lowest BCUT2D eigenvalue weighted by molar-refractivity contribution is 0.422. The number of rotatable bonds is 1. The van der Waals surface area contributed by atoms with E-state index in [-0.39, 0.29) is 16.7 Å². The highest BCUT2D eigenvalue weighted by atomic mass is 16.3. The van der Waals surface area contributed by atoms with Crippen LogP contribution in [0.5, 0.6) is 5.75 Å². The van der Waals surface area contributed by atoms with E-state index in [1.807, 2.05) is 0 Å². The molecule has 0 fully saturated rings. The highest BCUT2D eigenvalue weighted by Crippen LogP contribution is 2.41. The third-order valence-corrected chi connectivity index (χ3v) is 4.39. The van der Waals surface area contributed by atoms with E-state index in [0.717, 1.165) is 11.1 Å². The minimum Gasteiger partial charge on any atom is -0.507 e. The van der Waals surface area contributed by atoms with Crippen LogP contribution in [0.25, 0.3) is 0 Å². The molecule has 1 aliphatic rings. The van der Waals surface area contributed by atoms with Crippen molar-refractivity contribution in [2.75, 3.05) is 0 Å². The monoisotopic (exact) mass is 313 g/mol. The minimum atomic E-state index is -0.0927. The van der Waals surface area contributed by atoms with Gasteiger partial charge in [-0.25, -0.2) is 0 Å². The van der Waals surface area contributed by atoms with Gasteiger partial charge in [0, 0.05) is 17.3 Å². The second-order valence-electron chi connectivity index (χ2n) is 8.81. The van der Waals surface area contributed by atoms with Crippen molar-refractivity contribution in [3.05, 3.63) is 52.4 Å². The molecule has 23 heavy (non-hydrogen) atoms. The summed E-state index contributed by atoms with van der Waals surface area (Å²) in [4.78, 5) is 0. The van der Waals surface area contributed by atoms with Gasteiger partial charge in [0.1, 0.15) is 5.75 Å². The van der Waals surface area contributed by atoms with Crippen molar-refractivity contribution in [1.29, 1.82) is 0 Å². The largest absolute Gasteiger partial charge is 0.507 e. The zero-order chi connectivity index (χ0) is 17.6. The molecule has 0 saturated heterocycles. The predicted molar refractivity (Wildman–Crippen MR) is 98.9 cm³/mol. The number of hydrogen-bond donors (Lipinski definition) is 2. The molecule has 0 amide bonds. The van der Waals surface area contributed by atoms with Crippen molar-refractivity contribution < 1.29 is 5.11 Å². The number of hydrogen-bond acceptors (Lipinski definition) is 2. The Morgan fingerprint density at radius 2 is 1.22 bits per heavy atom. The van der Waals surface area contributed by atoms with Crippen LogP contribution >= 0.6 is 0 Å². The molecule has 1 aliphatic heterocycles. The topological polar surface area (TPSA) is 32.3 Å². The lowest BCUT2D eigenvalue weighted by Crippen LogP contribution is -2.19. The van der Waals surface area contributed by atoms with E-state index in [9.17, 15) is 5.11 Å². The molecule has 0 aliphatic carbocycles. The number of nitrogens with one attached hydrogen (secondary N) is 1. The maximum atomic E-state index is 10.8. The van der Waals surface area contributed by atoms with Gasteiger partial charge in [-0.3, -0.25) is 0 Å². The predicted octanol–water partition coefficient (Wildman–Crippen LogP) is 5.48. The van der Waals surface area contributed by atoms with Crippen LogP contribution in [0.15, 0.2) is 35.7 Å². The Morgan fingerprint density at radius 3 is 1.57 bits per heavy atom. The fraction of sp³-hybridized carbons (Fsp3) is 0.524. The molecule has 0 unspecified atom stereocenters. The van der Waals surface area contributed by atoms with Gasteiger partial charge < -0.3 is 10.4 Å². The van der Waals surface area contributed by atoms with Crippen molar-refractivity contribution in [3.8, 4) is 5.75 Å². The summed E-state index contributed by atoms with van der Waals surface area (Å²) in [7, 11) is 0. The normalized spacial score (nSPS) is 16.7. The average Bonchev–Trinajstić information content (AvgIpc) is 2.34. The molecule has 0 radical (unpaired) electrons. The number of phenolic OH excluding ortho intramolecular Hbond substituents is 1. The molecule has 2 rings (SSSR count). The molecule has 1 aromatic rings. The lowest BCUT2D eigenvalue weighted by Gasteiger charge is -2.30. The van der Waals surface area contributed by atoms with Crippen LogP contribution in [0.3, 0.4) is 0 Å². The van der Waals surface area contributed by atoms with E-state index < -0.39 is 0 Å². The van der Waals surface area contributed by atoms with Gasteiger partial charge in [0.05, 0.1) is 0 Å². The van der Waals surface area contributed by atoms with Crippen LogP contribution < -0.4 is 5.32 Å². The highest BCUT2D eigenvalue weighted by molar-refractivity contribution is 5.52. The molecule has 1 aromatic carbocycles. The summed E-state index contributed by atoms with van der Waals surface area (Å²) >= 11 is 0. The summed E-state index contributed by atoms with van der Waals surface area (Å²) in [6, 6.07) is 4.35. The fourth-order valence-electron chi connectivity index (χ4n) is 3.17. The first-order valence-electron chi connectivity index (χ1n) is 8.41. The summed E-state index contributed by atoms with van der Waals surface area (Å²) < 4.78 is 0. The van der Waals surface area contributed by atoms with Crippen LogP contribution in [0.2, 0.25) is 0 Å². The fourth-order valence-corrected chi connectivity index (χ4v) is 3.17. The Morgan fingerprint density at radius 1 is 0.826 bits per heavy atom. The molecule has 2 N–H and O–H groups in total. The van der Waals surface area contributed by atoms with Crippen molar-refractivity contribution in [3.63, 3.8) is 0 Å². The molecular weight excluding hydrogens is 282 g/mol. The Labute approximate surface area is 141 Å². The minimum absolute atomic E-state index is 0.0927. The molecule has 0 atom stereocenters. The molecule has 0 bridgehead atoms. The van der Waals surface area contributed by atoms with E-state index in [4.69, 9.17) is 0 Å². The van der Waals surface area contributed by atoms with Crippen LogP contribution in [-0.4, -0.2) is 5.11 Å². The number of aromatic hydroxyl groups is 1. The van der Waals surface area contributed by atoms with Gasteiger partial charge in [0.2, 0.25) is 0 Å². The Bertz CT molecular complexity index is 613. The van der Waals surface area contributed by atoms with Crippen LogP contribution in [0.1, 0.15) is 78.0 Å². The van der Waals surface area contributed by atoms with Crippen LogP contribution in [-0.2, 0) is 10.8 Å². The third-order valence-electron chi connectivity index (χ3n) is 4.39. The van der Waals surface area contributed by atoms with Crippen LogP contribution in [0, 0.1) is 0 Å². The maximum Gasteiger partial charge on any atom is 0.123 e. The second-order valence-corrected chi connectivity index (χ2v) is 8.81. The lowest BCUT2D eigenvalue weighted by atomic mass is 9.76. The first-order chi connectivity index (χ1) is 10.4. The van der Waals surface area contributed by atoms with Gasteiger partial charge in [0.15, 0.2) is 0 Å². The van der Waals surface area contributed by atoms with Gasteiger partial charge in [-0.05, 0) is 41.4 Å². The van der Waals surface area contributed by atoms with Gasteiger partial charge >= 0.3 is 0 Å². The molecule has 126 valence electrons. The molecule has 2 heteroatoms. The molecule has 0 aromatic heterocycles. The quantitative estimate of drug-likeness (QED) is 0.719. The second kappa shape index (κ2) is 5.74. The van der Waals surface area contributed by atoms with Crippen molar-refractivity contribution >= 4 is 0 Å². The highest BCUT2D eigenvalue weighted by Gasteiger charge is 2.27. The zero-order valence-electron chi connectivity index (χ0n) is 15.8. The summed E-state index contributed by atoms with van der Waals surface area (Å²) in [5.74, 6) is 0.697. The van der Waals surface area contributed by atoms with E-state index in [0.29, 0.717) is 5.75 Å². The van der Waals surface area contributed by atoms with Crippen LogP contribution in [0.4, 0.5) is 0 Å². The SMILES string of the molecule is CC1=CC(c2cc(C(C)(C)C)c(O)c(C(C)(C)C)c2)C=C(C)N1. The summed E-state index contributed by atoms with van der Waals surface area (Å²) in [6.07, 6.45) is 4.50. The number of allylic oxidation sites excluding steroid dienone is 4. The van der Waals surface area contributed by atoms with Gasteiger partial charge in [-0.2, -0.15) is 0 Å². The first kappa shape index (κ1) is 17.7. The first-order valence-corrected chi connectivity index (χ1v) is 8.41. The average molecular weight is 313 g/mol. The van der Waals surface area contributed by atoms with Crippen molar-refractivity contribution in [2.24, 2.45) is 0 Å². The number of phenols is 1. The Hall–Kier alpha value is -1.70. The van der Waals surface area contributed by atoms with Gasteiger partial charge in [0.25, 0.3) is 0 Å². The van der Waals surface area contributed by atoms with Crippen molar-refractivity contribution in [1.82, 2.24) is 5.32 Å². The van der Waals surface area contributed by atoms with E-state index >= 15 is 0 Å². The molecule has 1 heterocycles. The maximum absolute atomic E-state index is 10.8. The van der Waals surface area contributed by atoms with Crippen molar-refractivity contribution in [2.45, 2.75) is 72.1 Å². The molecule has 0 saturated carbocycles. The van der Waals surface area contributed by atoms with E-state index in [1.165, 1.54) is 17.0 Å². The summed E-state index contributed by atoms with van der Waals surface area (Å²) in [5.41, 5.74) is 5.47. The molecule has 0 spiro atoms. The standard InChI is InChI=1S/C21H31NO/c1-13-9-15(10-14(2)22-13)16-11-17(20(3,4)5)19(23)18(12-16)21(6,7)8/h9-12,15,22-23H,1-8H3. The Balaban J connectivity index is 2.68. The van der Waals surface area contributed by atoms with E-state index in [1.54, 1.807) is 0 Å². The number of benzene rings is 1. The van der Waals surface area contributed by atoms with Gasteiger partial charge in [-0.15, -0.1) is 0 Å². The third kappa shape index (κ3) is 3.80. The summed E-state index contributed by atoms with van der Waals surface area (Å²) in [6.45, 7) is 17.1. The summed E-state index contributed by atoms with van der Waals surface area (Å²) in [5, 5.41) is 14.2. The Kier molecular flexibility index (Phi) is 4.40. The zero-order valence-corrected chi connectivity index (χ0v) is 15.8. The smallest absolute Gasteiger partial charge is 0.123 e. The number of dihydropyridines is 1. The van der Waals surface area contributed by atoms with E-state index in [2.05, 4.69) is 85.0 Å².